The molecule has 0 saturated heterocycles. The summed E-state index contributed by atoms with van der Waals surface area (Å²) in [4.78, 5) is 0.0727. The van der Waals surface area contributed by atoms with Gasteiger partial charge < -0.3 is 4.74 Å². The fourth-order valence-electron chi connectivity index (χ4n) is 1.76. The number of sulfonamides is 1. The standard InChI is InChI=1S/C17H18ClNO3S/c1-13(2)12-22-17(14-6-4-3-5-7-14)19-23(20,21)16-10-8-15(18)9-11-16/h3-11,13H,12H2,1-2H3. The normalized spacial score (nSPS) is 12.4. The Hall–Kier alpha value is -1.85. The van der Waals surface area contributed by atoms with Crippen molar-refractivity contribution in [2.24, 2.45) is 10.3 Å². The van der Waals surface area contributed by atoms with Gasteiger partial charge in [0, 0.05) is 10.6 Å². The lowest BCUT2D eigenvalue weighted by molar-refractivity contribution is 0.260. The van der Waals surface area contributed by atoms with E-state index in [0.29, 0.717) is 17.2 Å². The third-order valence-electron chi connectivity index (χ3n) is 2.89. The number of halogens is 1. The van der Waals surface area contributed by atoms with Crippen molar-refractivity contribution in [2.75, 3.05) is 6.61 Å². The fraction of sp³-hybridized carbons (Fsp3) is 0.235. The van der Waals surface area contributed by atoms with Crippen molar-refractivity contribution in [1.82, 2.24) is 0 Å². The smallest absolute Gasteiger partial charge is 0.285 e. The first kappa shape index (κ1) is 17.5. The number of hydrogen-bond acceptors (Lipinski definition) is 3. The van der Waals surface area contributed by atoms with E-state index in [-0.39, 0.29) is 16.7 Å². The Labute approximate surface area is 141 Å². The Morgan fingerprint density at radius 1 is 1.09 bits per heavy atom. The van der Waals surface area contributed by atoms with Crippen LogP contribution in [-0.2, 0) is 14.8 Å². The molecule has 122 valence electrons. The van der Waals surface area contributed by atoms with E-state index in [2.05, 4.69) is 4.40 Å². The molecule has 0 heterocycles. The highest BCUT2D eigenvalue weighted by Crippen LogP contribution is 2.18. The third-order valence-corrected chi connectivity index (χ3v) is 4.41. The van der Waals surface area contributed by atoms with Crippen LogP contribution in [0.1, 0.15) is 19.4 Å². The van der Waals surface area contributed by atoms with Crippen molar-refractivity contribution in [3.05, 3.63) is 65.2 Å². The van der Waals surface area contributed by atoms with Crippen molar-refractivity contribution in [1.29, 1.82) is 0 Å². The summed E-state index contributed by atoms with van der Waals surface area (Å²) in [5.41, 5.74) is 0.616. The molecule has 0 aliphatic heterocycles. The zero-order valence-corrected chi connectivity index (χ0v) is 14.5. The summed E-state index contributed by atoms with van der Waals surface area (Å²) in [5.74, 6) is 0.344. The lowest BCUT2D eigenvalue weighted by Crippen LogP contribution is -2.14. The zero-order valence-electron chi connectivity index (χ0n) is 12.9. The van der Waals surface area contributed by atoms with Crippen LogP contribution in [0.5, 0.6) is 0 Å². The maximum Gasteiger partial charge on any atom is 0.285 e. The predicted molar refractivity (Wildman–Crippen MR) is 92.4 cm³/mol. The number of hydrogen-bond donors (Lipinski definition) is 0. The number of benzene rings is 2. The van der Waals surface area contributed by atoms with Gasteiger partial charge in [-0.05, 0) is 42.3 Å². The van der Waals surface area contributed by atoms with Crippen LogP contribution in [0.25, 0.3) is 0 Å². The minimum Gasteiger partial charge on any atom is -0.476 e. The minimum atomic E-state index is -3.87. The van der Waals surface area contributed by atoms with E-state index in [0.717, 1.165) is 0 Å². The molecule has 2 rings (SSSR count). The van der Waals surface area contributed by atoms with Gasteiger partial charge in [0.2, 0.25) is 5.90 Å². The summed E-state index contributed by atoms with van der Waals surface area (Å²) in [5, 5.41) is 0.465. The molecular formula is C17H18ClNO3S. The minimum absolute atomic E-state index is 0.0727. The van der Waals surface area contributed by atoms with E-state index in [1.165, 1.54) is 24.3 Å². The average Bonchev–Trinajstić information content (AvgIpc) is 2.52. The Kier molecular flexibility index (Phi) is 5.80. The molecule has 0 N–H and O–H groups in total. The first-order chi connectivity index (χ1) is 10.9. The Bertz CT molecular complexity index is 769. The molecule has 4 nitrogen and oxygen atoms in total. The second-order valence-corrected chi connectivity index (χ2v) is 7.44. The van der Waals surface area contributed by atoms with Gasteiger partial charge in [-0.2, -0.15) is 8.42 Å². The van der Waals surface area contributed by atoms with Crippen LogP contribution in [-0.4, -0.2) is 20.9 Å². The monoisotopic (exact) mass is 351 g/mol. The topological polar surface area (TPSA) is 55.7 Å². The summed E-state index contributed by atoms with van der Waals surface area (Å²) < 4.78 is 34.4. The summed E-state index contributed by atoms with van der Waals surface area (Å²) in [6.45, 7) is 4.34. The maximum absolute atomic E-state index is 12.5. The van der Waals surface area contributed by atoms with Gasteiger partial charge in [-0.25, -0.2) is 0 Å². The average molecular weight is 352 g/mol. The predicted octanol–water partition coefficient (Wildman–Crippen LogP) is 4.15. The van der Waals surface area contributed by atoms with Gasteiger partial charge in [0.1, 0.15) is 0 Å². The second kappa shape index (κ2) is 7.62. The molecule has 0 radical (unpaired) electrons. The molecular weight excluding hydrogens is 334 g/mol. The largest absolute Gasteiger partial charge is 0.476 e. The Morgan fingerprint density at radius 3 is 2.26 bits per heavy atom. The quantitative estimate of drug-likeness (QED) is 0.600. The van der Waals surface area contributed by atoms with Gasteiger partial charge in [0.25, 0.3) is 10.0 Å². The second-order valence-electron chi connectivity index (χ2n) is 5.40. The molecule has 0 bridgehead atoms. The van der Waals surface area contributed by atoms with Crippen molar-refractivity contribution in [3.63, 3.8) is 0 Å². The van der Waals surface area contributed by atoms with Crippen molar-refractivity contribution in [2.45, 2.75) is 18.7 Å². The molecule has 0 saturated carbocycles. The van der Waals surface area contributed by atoms with Gasteiger partial charge in [-0.3, -0.25) is 0 Å². The van der Waals surface area contributed by atoms with Gasteiger partial charge >= 0.3 is 0 Å². The molecule has 0 unspecified atom stereocenters. The number of rotatable bonds is 5. The lowest BCUT2D eigenvalue weighted by Gasteiger charge is -2.11. The summed E-state index contributed by atoms with van der Waals surface area (Å²) in [6, 6.07) is 14.8. The maximum atomic E-state index is 12.5. The Balaban J connectivity index is 2.40. The molecule has 2 aromatic rings. The molecule has 0 atom stereocenters. The lowest BCUT2D eigenvalue weighted by atomic mass is 10.2. The van der Waals surface area contributed by atoms with Crippen LogP contribution in [0.4, 0.5) is 0 Å². The van der Waals surface area contributed by atoms with Crippen LogP contribution >= 0.6 is 11.6 Å². The van der Waals surface area contributed by atoms with Crippen LogP contribution in [0.2, 0.25) is 5.02 Å². The number of ether oxygens (including phenoxy) is 1. The summed E-state index contributed by atoms with van der Waals surface area (Å²) in [6.07, 6.45) is 0. The van der Waals surface area contributed by atoms with Gasteiger partial charge in [-0.1, -0.05) is 43.6 Å². The molecule has 0 fully saturated rings. The van der Waals surface area contributed by atoms with E-state index in [1.807, 2.05) is 19.9 Å². The number of nitrogens with zero attached hydrogens (tertiary/aromatic N) is 1. The van der Waals surface area contributed by atoms with E-state index < -0.39 is 10.0 Å². The summed E-state index contributed by atoms with van der Waals surface area (Å²) in [7, 11) is -3.87. The molecule has 0 aromatic heterocycles. The SMILES string of the molecule is CC(C)COC(=NS(=O)(=O)c1ccc(Cl)cc1)c1ccccc1. The molecule has 0 spiro atoms. The Morgan fingerprint density at radius 2 is 1.70 bits per heavy atom. The van der Waals surface area contributed by atoms with Crippen LogP contribution < -0.4 is 0 Å². The summed E-state index contributed by atoms with van der Waals surface area (Å²) >= 11 is 5.79. The van der Waals surface area contributed by atoms with E-state index >= 15 is 0 Å². The van der Waals surface area contributed by atoms with Gasteiger partial charge in [0.05, 0.1) is 11.5 Å². The zero-order chi connectivity index (χ0) is 16.9. The van der Waals surface area contributed by atoms with E-state index in [4.69, 9.17) is 16.3 Å². The highest BCUT2D eigenvalue weighted by atomic mass is 35.5. The fourth-order valence-corrected chi connectivity index (χ4v) is 2.84. The first-order valence-electron chi connectivity index (χ1n) is 7.17. The highest BCUT2D eigenvalue weighted by Gasteiger charge is 2.17. The van der Waals surface area contributed by atoms with Gasteiger partial charge in [0.15, 0.2) is 0 Å². The third kappa shape index (κ3) is 5.08. The molecule has 6 heteroatoms. The van der Waals surface area contributed by atoms with E-state index in [9.17, 15) is 8.42 Å². The van der Waals surface area contributed by atoms with Crippen LogP contribution in [0.3, 0.4) is 0 Å². The molecule has 0 aliphatic rings. The molecule has 23 heavy (non-hydrogen) atoms. The molecule has 0 aliphatic carbocycles. The highest BCUT2D eigenvalue weighted by molar-refractivity contribution is 7.90. The van der Waals surface area contributed by atoms with Crippen molar-refractivity contribution >= 4 is 27.5 Å². The van der Waals surface area contributed by atoms with E-state index in [1.54, 1.807) is 24.3 Å². The van der Waals surface area contributed by atoms with Crippen molar-refractivity contribution < 1.29 is 13.2 Å². The molecule has 0 amide bonds. The van der Waals surface area contributed by atoms with Crippen LogP contribution in [0, 0.1) is 5.92 Å². The van der Waals surface area contributed by atoms with Crippen molar-refractivity contribution in [3.8, 4) is 0 Å². The van der Waals surface area contributed by atoms with Gasteiger partial charge in [-0.15, -0.1) is 4.40 Å². The first-order valence-corrected chi connectivity index (χ1v) is 8.99. The van der Waals surface area contributed by atoms with Crippen LogP contribution in [0.15, 0.2) is 63.9 Å². The molecule has 2 aromatic carbocycles.